The maximum atomic E-state index is 12.7. The van der Waals surface area contributed by atoms with Crippen molar-refractivity contribution < 1.29 is 9.59 Å². The Labute approximate surface area is 156 Å². The van der Waals surface area contributed by atoms with Gasteiger partial charge < -0.3 is 5.32 Å². The zero-order chi connectivity index (χ0) is 18.1. The summed E-state index contributed by atoms with van der Waals surface area (Å²) in [4.78, 5) is 26.1. The Kier molecular flexibility index (Phi) is 4.84. The number of amides is 2. The van der Waals surface area contributed by atoms with Crippen molar-refractivity contribution in [3.8, 4) is 0 Å². The monoisotopic (exact) mass is 374 g/mol. The molecule has 0 spiro atoms. The fourth-order valence-electron chi connectivity index (χ4n) is 2.56. The third-order valence-electron chi connectivity index (χ3n) is 3.97. The number of rotatable bonds is 4. The molecule has 0 atom stereocenters. The molecule has 0 bridgehead atoms. The molecule has 2 amide bonds. The lowest BCUT2D eigenvalue weighted by Gasteiger charge is -2.16. The Bertz CT molecular complexity index is 873. The number of carbonyl (C=O) groups excluding carboxylic acids is 2. The van der Waals surface area contributed by atoms with Gasteiger partial charge in [0.25, 0.3) is 11.8 Å². The van der Waals surface area contributed by atoms with E-state index < -0.39 is 11.8 Å². The molecule has 25 heavy (non-hydrogen) atoms. The molecule has 3 rings (SSSR count). The van der Waals surface area contributed by atoms with Crippen molar-refractivity contribution in [1.29, 1.82) is 0 Å². The number of anilines is 2. The van der Waals surface area contributed by atoms with Crippen LogP contribution in [0.2, 0.25) is 5.02 Å². The van der Waals surface area contributed by atoms with Gasteiger partial charge in [-0.2, -0.15) is 0 Å². The highest BCUT2D eigenvalue weighted by molar-refractivity contribution is 6.53. The van der Waals surface area contributed by atoms with Crippen LogP contribution in [0.5, 0.6) is 0 Å². The zero-order valence-electron chi connectivity index (χ0n) is 13.7. The molecule has 6 heteroatoms. The van der Waals surface area contributed by atoms with Gasteiger partial charge in [0.1, 0.15) is 10.7 Å². The highest BCUT2D eigenvalue weighted by Crippen LogP contribution is 2.34. The summed E-state index contributed by atoms with van der Waals surface area (Å²) < 4.78 is 0. The van der Waals surface area contributed by atoms with E-state index in [9.17, 15) is 9.59 Å². The van der Waals surface area contributed by atoms with Crippen LogP contribution in [0.1, 0.15) is 25.3 Å². The number of nitrogens with one attached hydrogen (secondary N) is 1. The van der Waals surface area contributed by atoms with Gasteiger partial charge in [0.05, 0.1) is 10.7 Å². The minimum absolute atomic E-state index is 0.0453. The van der Waals surface area contributed by atoms with Crippen molar-refractivity contribution in [3.05, 3.63) is 69.8 Å². The van der Waals surface area contributed by atoms with E-state index in [0.717, 1.165) is 4.90 Å². The molecule has 0 aromatic heterocycles. The first-order valence-electron chi connectivity index (χ1n) is 7.80. The molecule has 4 nitrogen and oxygen atoms in total. The summed E-state index contributed by atoms with van der Waals surface area (Å²) in [7, 11) is 0. The second-order valence-corrected chi connectivity index (χ2v) is 6.77. The first-order chi connectivity index (χ1) is 11.9. The molecule has 2 aromatic rings. The second kappa shape index (κ2) is 6.90. The van der Waals surface area contributed by atoms with E-state index in [1.807, 2.05) is 24.3 Å². The average Bonchev–Trinajstić information content (AvgIpc) is 2.80. The number of benzene rings is 2. The third kappa shape index (κ3) is 3.28. The van der Waals surface area contributed by atoms with Gasteiger partial charge in [-0.25, -0.2) is 4.90 Å². The smallest absolute Gasteiger partial charge is 0.283 e. The Morgan fingerprint density at radius 1 is 0.920 bits per heavy atom. The van der Waals surface area contributed by atoms with Gasteiger partial charge in [-0.05, 0) is 35.7 Å². The normalized spacial score (nSPS) is 14.7. The quantitative estimate of drug-likeness (QED) is 0.774. The van der Waals surface area contributed by atoms with E-state index in [1.165, 1.54) is 5.56 Å². The Balaban J connectivity index is 1.88. The average molecular weight is 375 g/mol. The van der Waals surface area contributed by atoms with E-state index in [0.29, 0.717) is 22.3 Å². The fraction of sp³-hybridized carbons (Fsp3) is 0.158. The molecule has 0 aliphatic carbocycles. The highest BCUT2D eigenvalue weighted by Gasteiger charge is 2.39. The predicted octanol–water partition coefficient (Wildman–Crippen LogP) is 4.90. The van der Waals surface area contributed by atoms with Crippen LogP contribution in [0.3, 0.4) is 0 Å². The van der Waals surface area contributed by atoms with Crippen LogP contribution in [0.15, 0.2) is 59.3 Å². The molecule has 0 radical (unpaired) electrons. The number of hydrogen-bond donors (Lipinski definition) is 1. The van der Waals surface area contributed by atoms with Crippen LogP contribution in [-0.2, 0) is 9.59 Å². The number of para-hydroxylation sites is 1. The summed E-state index contributed by atoms with van der Waals surface area (Å²) in [6, 6.07) is 14.3. The highest BCUT2D eigenvalue weighted by atomic mass is 35.5. The van der Waals surface area contributed by atoms with Crippen molar-refractivity contribution in [1.82, 2.24) is 0 Å². The van der Waals surface area contributed by atoms with Crippen LogP contribution in [0.25, 0.3) is 0 Å². The number of nitrogens with zero attached hydrogens (tertiary/aromatic N) is 1. The molecule has 128 valence electrons. The zero-order valence-corrected chi connectivity index (χ0v) is 15.2. The minimum Gasteiger partial charge on any atom is -0.350 e. The summed E-state index contributed by atoms with van der Waals surface area (Å²) in [5.74, 6) is -0.723. The Morgan fingerprint density at radius 3 is 2.16 bits per heavy atom. The molecule has 2 aromatic carbocycles. The Hall–Kier alpha value is -2.30. The topological polar surface area (TPSA) is 49.4 Å². The molecule has 0 saturated heterocycles. The lowest BCUT2D eigenvalue weighted by molar-refractivity contribution is -0.120. The van der Waals surface area contributed by atoms with Gasteiger partial charge in [-0.15, -0.1) is 0 Å². The van der Waals surface area contributed by atoms with Gasteiger partial charge in [0, 0.05) is 5.69 Å². The molecule has 1 aliphatic heterocycles. The number of carbonyl (C=O) groups is 2. The van der Waals surface area contributed by atoms with Crippen LogP contribution < -0.4 is 10.2 Å². The van der Waals surface area contributed by atoms with Gasteiger partial charge in [-0.3, -0.25) is 9.59 Å². The maximum Gasteiger partial charge on any atom is 0.283 e. The largest absolute Gasteiger partial charge is 0.350 e. The summed E-state index contributed by atoms with van der Waals surface area (Å²) in [6.45, 7) is 4.20. The standard InChI is InChI=1S/C19H16Cl2N2O2/c1-11(2)12-7-9-13(10-8-12)22-17-16(21)18(24)23(19(17)25)15-6-4-3-5-14(15)20/h3-11,22H,1-2H3. The number of halogens is 2. The maximum absolute atomic E-state index is 12.7. The van der Waals surface area contributed by atoms with Crippen molar-refractivity contribution in [3.63, 3.8) is 0 Å². The van der Waals surface area contributed by atoms with E-state index in [-0.39, 0.29) is 10.7 Å². The molecule has 1 N–H and O–H groups in total. The molecule has 0 saturated carbocycles. The summed E-state index contributed by atoms with van der Waals surface area (Å²) in [5, 5.41) is 3.10. The molecular weight excluding hydrogens is 359 g/mol. The van der Waals surface area contributed by atoms with Gasteiger partial charge >= 0.3 is 0 Å². The lowest BCUT2D eigenvalue weighted by atomic mass is 10.0. The molecule has 0 fully saturated rings. The fourth-order valence-corrected chi connectivity index (χ4v) is 2.99. The third-order valence-corrected chi connectivity index (χ3v) is 4.64. The molecule has 0 unspecified atom stereocenters. The summed E-state index contributed by atoms with van der Waals surface area (Å²) in [6.07, 6.45) is 0. The number of imide groups is 1. The van der Waals surface area contributed by atoms with Crippen LogP contribution >= 0.6 is 23.2 Å². The van der Waals surface area contributed by atoms with Gasteiger partial charge in [0.15, 0.2) is 0 Å². The molecule has 1 heterocycles. The van der Waals surface area contributed by atoms with Crippen LogP contribution in [-0.4, -0.2) is 11.8 Å². The van der Waals surface area contributed by atoms with Crippen molar-refractivity contribution in [2.24, 2.45) is 0 Å². The molecule has 1 aliphatic rings. The second-order valence-electron chi connectivity index (χ2n) is 5.99. The summed E-state index contributed by atoms with van der Waals surface area (Å²) in [5.41, 5.74) is 2.21. The first-order valence-corrected chi connectivity index (χ1v) is 8.56. The van der Waals surface area contributed by atoms with E-state index in [2.05, 4.69) is 19.2 Å². The lowest BCUT2D eigenvalue weighted by Crippen LogP contribution is -2.32. The van der Waals surface area contributed by atoms with Crippen molar-refractivity contribution in [2.45, 2.75) is 19.8 Å². The van der Waals surface area contributed by atoms with Gasteiger partial charge in [0.2, 0.25) is 0 Å². The van der Waals surface area contributed by atoms with Crippen molar-refractivity contribution >= 4 is 46.4 Å². The Morgan fingerprint density at radius 2 is 1.56 bits per heavy atom. The molecular formula is C19H16Cl2N2O2. The van der Waals surface area contributed by atoms with Gasteiger partial charge in [-0.1, -0.05) is 61.3 Å². The van der Waals surface area contributed by atoms with E-state index in [1.54, 1.807) is 24.3 Å². The van der Waals surface area contributed by atoms with Crippen molar-refractivity contribution in [2.75, 3.05) is 10.2 Å². The SMILES string of the molecule is CC(C)c1ccc(NC2=C(Cl)C(=O)N(c3ccccc3Cl)C2=O)cc1. The number of hydrogen-bond acceptors (Lipinski definition) is 3. The first kappa shape index (κ1) is 17.5. The van der Waals surface area contributed by atoms with E-state index >= 15 is 0 Å². The van der Waals surface area contributed by atoms with Crippen LogP contribution in [0.4, 0.5) is 11.4 Å². The summed E-state index contributed by atoms with van der Waals surface area (Å²) >= 11 is 12.2. The van der Waals surface area contributed by atoms with Crippen LogP contribution in [0, 0.1) is 0 Å². The minimum atomic E-state index is -0.596. The van der Waals surface area contributed by atoms with E-state index in [4.69, 9.17) is 23.2 Å². The predicted molar refractivity (Wildman–Crippen MR) is 101 cm³/mol.